The third kappa shape index (κ3) is 2.71. The standard InChI is InChI=1S/C18H13N3OS/c22-16-11-23-18(20-16)21-19-10-14-6-3-5-13-9-8-12-4-1-2-7-15(12)17(13)14/h1-10H,11H2,(H,20,21,22). The van der Waals surface area contributed by atoms with Crippen LogP contribution in [0.4, 0.5) is 0 Å². The van der Waals surface area contributed by atoms with Crippen LogP contribution in [0.5, 0.6) is 0 Å². The van der Waals surface area contributed by atoms with Crippen molar-refractivity contribution in [2.75, 3.05) is 5.75 Å². The zero-order chi connectivity index (χ0) is 15.6. The van der Waals surface area contributed by atoms with E-state index < -0.39 is 0 Å². The Labute approximate surface area is 137 Å². The number of rotatable bonds is 2. The lowest BCUT2D eigenvalue weighted by molar-refractivity contribution is -0.116. The van der Waals surface area contributed by atoms with Crippen LogP contribution >= 0.6 is 11.8 Å². The molecule has 0 aromatic heterocycles. The Kier molecular flexibility index (Phi) is 3.55. The van der Waals surface area contributed by atoms with Crippen molar-refractivity contribution >= 4 is 50.6 Å². The molecule has 4 nitrogen and oxygen atoms in total. The summed E-state index contributed by atoms with van der Waals surface area (Å²) in [5, 5.41) is 16.2. The number of nitrogens with one attached hydrogen (secondary N) is 1. The van der Waals surface area contributed by atoms with E-state index in [-0.39, 0.29) is 5.91 Å². The molecular weight excluding hydrogens is 306 g/mol. The lowest BCUT2D eigenvalue weighted by atomic mass is 9.98. The van der Waals surface area contributed by atoms with Crippen molar-refractivity contribution in [2.24, 2.45) is 10.2 Å². The van der Waals surface area contributed by atoms with Gasteiger partial charge in [-0.15, -0.1) is 5.10 Å². The van der Waals surface area contributed by atoms with E-state index in [1.54, 1.807) is 6.21 Å². The van der Waals surface area contributed by atoms with E-state index >= 15 is 0 Å². The van der Waals surface area contributed by atoms with Crippen molar-refractivity contribution in [3.63, 3.8) is 0 Å². The van der Waals surface area contributed by atoms with Gasteiger partial charge in [0.2, 0.25) is 5.91 Å². The number of fused-ring (bicyclic) bond motifs is 3. The van der Waals surface area contributed by atoms with Gasteiger partial charge in [0.15, 0.2) is 5.17 Å². The Morgan fingerprint density at radius 2 is 1.83 bits per heavy atom. The van der Waals surface area contributed by atoms with Crippen LogP contribution in [0.15, 0.2) is 64.8 Å². The summed E-state index contributed by atoms with van der Waals surface area (Å²) in [6.45, 7) is 0. The lowest BCUT2D eigenvalue weighted by Crippen LogP contribution is -2.19. The predicted molar refractivity (Wildman–Crippen MR) is 97.1 cm³/mol. The summed E-state index contributed by atoms with van der Waals surface area (Å²) >= 11 is 1.37. The molecule has 23 heavy (non-hydrogen) atoms. The van der Waals surface area contributed by atoms with E-state index in [2.05, 4.69) is 45.9 Å². The zero-order valence-corrected chi connectivity index (χ0v) is 13.0. The minimum absolute atomic E-state index is 0.0277. The topological polar surface area (TPSA) is 53.8 Å². The van der Waals surface area contributed by atoms with E-state index in [9.17, 15) is 4.79 Å². The van der Waals surface area contributed by atoms with Crippen molar-refractivity contribution in [3.05, 3.63) is 60.2 Å². The molecule has 1 N–H and O–H groups in total. The lowest BCUT2D eigenvalue weighted by Gasteiger charge is -2.06. The molecule has 3 aromatic carbocycles. The van der Waals surface area contributed by atoms with Crippen LogP contribution < -0.4 is 5.32 Å². The molecule has 1 amide bonds. The first kappa shape index (κ1) is 14.0. The van der Waals surface area contributed by atoms with Crippen molar-refractivity contribution in [1.29, 1.82) is 0 Å². The maximum absolute atomic E-state index is 11.1. The highest BCUT2D eigenvalue weighted by Gasteiger charge is 2.15. The molecule has 4 rings (SSSR count). The van der Waals surface area contributed by atoms with Crippen LogP contribution in [0.25, 0.3) is 21.5 Å². The largest absolute Gasteiger partial charge is 0.303 e. The molecule has 1 heterocycles. The molecular formula is C18H13N3OS. The van der Waals surface area contributed by atoms with Gasteiger partial charge in [-0.05, 0) is 21.5 Å². The van der Waals surface area contributed by atoms with Gasteiger partial charge in [0.05, 0.1) is 12.0 Å². The van der Waals surface area contributed by atoms with E-state index in [1.165, 1.54) is 27.9 Å². The Balaban J connectivity index is 1.80. The quantitative estimate of drug-likeness (QED) is 0.446. The highest BCUT2D eigenvalue weighted by atomic mass is 32.2. The van der Waals surface area contributed by atoms with Gasteiger partial charge in [-0.1, -0.05) is 66.4 Å². The van der Waals surface area contributed by atoms with E-state index in [0.29, 0.717) is 10.9 Å². The summed E-state index contributed by atoms with van der Waals surface area (Å²) < 4.78 is 0. The first-order valence-electron chi connectivity index (χ1n) is 7.25. The second-order valence-corrected chi connectivity index (χ2v) is 6.18. The van der Waals surface area contributed by atoms with E-state index in [0.717, 1.165) is 10.9 Å². The summed E-state index contributed by atoms with van der Waals surface area (Å²) in [4.78, 5) is 11.1. The molecule has 0 saturated carbocycles. The van der Waals surface area contributed by atoms with E-state index in [4.69, 9.17) is 0 Å². The molecule has 1 aliphatic rings. The Morgan fingerprint density at radius 1 is 1.00 bits per heavy atom. The molecule has 1 aliphatic heterocycles. The van der Waals surface area contributed by atoms with Gasteiger partial charge >= 0.3 is 0 Å². The Bertz CT molecular complexity index is 978. The van der Waals surface area contributed by atoms with E-state index in [1.807, 2.05) is 24.3 Å². The minimum Gasteiger partial charge on any atom is -0.303 e. The van der Waals surface area contributed by atoms with Gasteiger partial charge in [0.25, 0.3) is 0 Å². The van der Waals surface area contributed by atoms with Crippen LogP contribution in [0.1, 0.15) is 5.56 Å². The van der Waals surface area contributed by atoms with Crippen molar-refractivity contribution in [2.45, 2.75) is 0 Å². The number of carbonyl (C=O) groups excluding carboxylic acids is 1. The molecule has 0 aliphatic carbocycles. The van der Waals surface area contributed by atoms with Crippen molar-refractivity contribution in [1.82, 2.24) is 5.32 Å². The number of thioether (sulfide) groups is 1. The van der Waals surface area contributed by atoms with Crippen molar-refractivity contribution in [3.8, 4) is 0 Å². The molecule has 1 saturated heterocycles. The average molecular weight is 319 g/mol. The first-order valence-corrected chi connectivity index (χ1v) is 8.24. The highest BCUT2D eigenvalue weighted by Crippen LogP contribution is 2.27. The number of benzene rings is 3. The number of hydrogen-bond donors (Lipinski definition) is 1. The first-order chi connectivity index (χ1) is 11.3. The van der Waals surface area contributed by atoms with Crippen LogP contribution in [0.3, 0.4) is 0 Å². The number of amides is 1. The number of nitrogens with zero attached hydrogens (tertiary/aromatic N) is 2. The number of amidine groups is 1. The van der Waals surface area contributed by atoms with Gasteiger partial charge < -0.3 is 5.32 Å². The molecule has 0 bridgehead atoms. The fourth-order valence-corrected chi connectivity index (χ4v) is 3.35. The van der Waals surface area contributed by atoms with Gasteiger partial charge in [0, 0.05) is 5.56 Å². The van der Waals surface area contributed by atoms with Gasteiger partial charge in [-0.25, -0.2) is 0 Å². The van der Waals surface area contributed by atoms with Crippen LogP contribution in [0, 0.1) is 0 Å². The van der Waals surface area contributed by atoms with Gasteiger partial charge in [0.1, 0.15) is 0 Å². The SMILES string of the molecule is O=C1CSC(=NN=Cc2cccc3ccc4ccccc4c23)N1. The maximum Gasteiger partial charge on any atom is 0.236 e. The highest BCUT2D eigenvalue weighted by molar-refractivity contribution is 8.15. The molecule has 0 unspecified atom stereocenters. The predicted octanol–water partition coefficient (Wildman–Crippen LogP) is 3.55. The Morgan fingerprint density at radius 3 is 2.70 bits per heavy atom. The molecule has 112 valence electrons. The number of hydrogen-bond acceptors (Lipinski definition) is 4. The fourth-order valence-electron chi connectivity index (χ4n) is 2.72. The zero-order valence-electron chi connectivity index (χ0n) is 12.2. The second-order valence-electron chi connectivity index (χ2n) is 5.22. The molecule has 0 spiro atoms. The Hall–Kier alpha value is -2.66. The summed E-state index contributed by atoms with van der Waals surface area (Å²) in [5.74, 6) is 0.382. The van der Waals surface area contributed by atoms with Gasteiger partial charge in [-0.2, -0.15) is 5.10 Å². The molecule has 0 radical (unpaired) electrons. The monoisotopic (exact) mass is 319 g/mol. The second kappa shape index (κ2) is 5.85. The van der Waals surface area contributed by atoms with Crippen LogP contribution in [0.2, 0.25) is 0 Å². The summed E-state index contributed by atoms with van der Waals surface area (Å²) in [6, 6.07) is 18.7. The molecule has 1 fully saturated rings. The molecule has 0 atom stereocenters. The normalized spacial score (nSPS) is 16.7. The minimum atomic E-state index is -0.0277. The summed E-state index contributed by atoms with van der Waals surface area (Å²) in [7, 11) is 0. The smallest absolute Gasteiger partial charge is 0.236 e. The van der Waals surface area contributed by atoms with Crippen LogP contribution in [-0.4, -0.2) is 23.0 Å². The molecule has 5 heteroatoms. The summed E-state index contributed by atoms with van der Waals surface area (Å²) in [5.41, 5.74) is 1.01. The average Bonchev–Trinajstić information content (AvgIpc) is 3.00. The number of carbonyl (C=O) groups is 1. The van der Waals surface area contributed by atoms with Crippen LogP contribution in [-0.2, 0) is 4.79 Å². The maximum atomic E-state index is 11.1. The third-order valence-corrected chi connectivity index (χ3v) is 4.60. The third-order valence-electron chi connectivity index (χ3n) is 3.73. The fraction of sp³-hybridized carbons (Fsp3) is 0.0556. The van der Waals surface area contributed by atoms with Gasteiger partial charge in [-0.3, -0.25) is 4.79 Å². The summed E-state index contributed by atoms with van der Waals surface area (Å²) in [6.07, 6.45) is 1.74. The molecule has 3 aromatic rings. The van der Waals surface area contributed by atoms with Crippen molar-refractivity contribution < 1.29 is 4.79 Å².